The average Bonchev–Trinajstić information content (AvgIpc) is 3.05. The van der Waals surface area contributed by atoms with Crippen LogP contribution in [0.2, 0.25) is 10.2 Å². The zero-order chi connectivity index (χ0) is 22.0. The summed E-state index contributed by atoms with van der Waals surface area (Å²) < 4.78 is 1.38. The second-order valence-corrected chi connectivity index (χ2v) is 7.28. The molecule has 9 heteroatoms. The van der Waals surface area contributed by atoms with E-state index in [9.17, 15) is 14.9 Å². The highest BCUT2D eigenvalue weighted by molar-refractivity contribution is 6.37. The van der Waals surface area contributed by atoms with Gasteiger partial charge in [-0.3, -0.25) is 24.9 Å². The third kappa shape index (κ3) is 4.01. The Bertz CT molecular complexity index is 1350. The lowest BCUT2D eigenvalue weighted by Gasteiger charge is -2.07. The number of nitro benzene ring substituents is 1. The molecule has 0 aliphatic rings. The third-order valence-electron chi connectivity index (χ3n) is 4.61. The molecule has 0 aliphatic heterocycles. The first-order chi connectivity index (χ1) is 15.0. The highest BCUT2D eigenvalue weighted by Crippen LogP contribution is 2.31. The molecular weight excluding hydrogens is 439 g/mol. The molecule has 0 unspecified atom stereocenters. The van der Waals surface area contributed by atoms with E-state index in [2.05, 4.69) is 10.5 Å². The second-order valence-electron chi connectivity index (χ2n) is 6.52. The lowest BCUT2D eigenvalue weighted by atomic mass is 10.2. The van der Waals surface area contributed by atoms with E-state index < -0.39 is 4.92 Å². The van der Waals surface area contributed by atoms with Gasteiger partial charge in [0.1, 0.15) is 5.15 Å². The van der Waals surface area contributed by atoms with E-state index in [1.165, 1.54) is 22.9 Å². The number of carbonyl (C=O) groups excluding carboxylic acids is 1. The van der Waals surface area contributed by atoms with Gasteiger partial charge in [0.2, 0.25) is 0 Å². The summed E-state index contributed by atoms with van der Waals surface area (Å²) in [7, 11) is 0. The lowest BCUT2D eigenvalue weighted by Crippen LogP contribution is -2.12. The molecule has 0 saturated heterocycles. The number of nitro groups is 1. The lowest BCUT2D eigenvalue weighted by molar-refractivity contribution is -0.384. The fourth-order valence-corrected chi connectivity index (χ4v) is 3.71. The molecule has 1 N–H and O–H groups in total. The molecule has 0 saturated carbocycles. The van der Waals surface area contributed by atoms with E-state index in [1.54, 1.807) is 48.5 Å². The zero-order valence-corrected chi connectivity index (χ0v) is 17.3. The number of hydrogen-bond acceptors (Lipinski definition) is 5. The van der Waals surface area contributed by atoms with Crippen LogP contribution in [0.15, 0.2) is 77.9 Å². The summed E-state index contributed by atoms with van der Waals surface area (Å²) in [5, 5.41) is 16.3. The smallest absolute Gasteiger partial charge is 0.271 e. The van der Waals surface area contributed by atoms with E-state index in [4.69, 9.17) is 23.2 Å². The molecule has 1 aromatic heterocycles. The minimum absolute atomic E-state index is 0.0554. The standard InChI is InChI=1S/C22H14Cl2N4O3/c23-19-10-3-1-9-17(19)22(29)27-20-11-4-2-8-16(20)18(21(27)24)13-25-26-14-6-5-7-15(12-14)28(30)31/h1-13,26H/b25-13-. The van der Waals surface area contributed by atoms with Gasteiger partial charge in [-0.25, -0.2) is 0 Å². The molecule has 0 atom stereocenters. The highest BCUT2D eigenvalue weighted by Gasteiger charge is 2.21. The first-order valence-corrected chi connectivity index (χ1v) is 9.84. The Hall–Kier alpha value is -3.68. The van der Waals surface area contributed by atoms with Crippen molar-refractivity contribution in [2.45, 2.75) is 0 Å². The number of nitrogens with one attached hydrogen (secondary N) is 1. The number of nitrogens with zero attached hydrogens (tertiary/aromatic N) is 3. The van der Waals surface area contributed by atoms with Crippen molar-refractivity contribution in [3.63, 3.8) is 0 Å². The Morgan fingerprint density at radius 3 is 2.55 bits per heavy atom. The van der Waals surface area contributed by atoms with Crippen LogP contribution >= 0.6 is 23.2 Å². The van der Waals surface area contributed by atoms with Crippen LogP contribution in [-0.4, -0.2) is 21.6 Å². The molecule has 31 heavy (non-hydrogen) atoms. The van der Waals surface area contributed by atoms with Gasteiger partial charge in [0.15, 0.2) is 0 Å². The Balaban J connectivity index is 1.73. The minimum atomic E-state index is -0.486. The van der Waals surface area contributed by atoms with Gasteiger partial charge >= 0.3 is 0 Å². The molecule has 0 fully saturated rings. The Kier molecular flexibility index (Phi) is 5.70. The molecule has 4 rings (SSSR count). The molecule has 0 bridgehead atoms. The first kappa shape index (κ1) is 20.6. The molecule has 0 radical (unpaired) electrons. The maximum absolute atomic E-state index is 13.2. The zero-order valence-electron chi connectivity index (χ0n) is 15.8. The summed E-state index contributed by atoms with van der Waals surface area (Å²) >= 11 is 12.8. The molecule has 154 valence electrons. The average molecular weight is 453 g/mol. The van der Waals surface area contributed by atoms with Gasteiger partial charge in [0, 0.05) is 23.1 Å². The first-order valence-electron chi connectivity index (χ1n) is 9.09. The quantitative estimate of drug-likeness (QED) is 0.228. The minimum Gasteiger partial charge on any atom is -0.278 e. The second kappa shape index (κ2) is 8.59. The van der Waals surface area contributed by atoms with E-state index in [0.29, 0.717) is 27.4 Å². The van der Waals surface area contributed by atoms with Crippen molar-refractivity contribution in [3.05, 3.63) is 104 Å². The summed E-state index contributed by atoms with van der Waals surface area (Å²) in [5.41, 5.74) is 4.59. The molecular formula is C22H14Cl2N4O3. The van der Waals surface area contributed by atoms with Gasteiger partial charge in [-0.15, -0.1) is 0 Å². The van der Waals surface area contributed by atoms with Gasteiger partial charge in [0.05, 0.1) is 32.9 Å². The van der Waals surface area contributed by atoms with Crippen molar-refractivity contribution >= 4 is 57.6 Å². The fourth-order valence-electron chi connectivity index (χ4n) is 3.17. The van der Waals surface area contributed by atoms with Gasteiger partial charge in [-0.05, 0) is 24.3 Å². The number of fused-ring (bicyclic) bond motifs is 1. The van der Waals surface area contributed by atoms with Crippen molar-refractivity contribution < 1.29 is 9.72 Å². The summed E-state index contributed by atoms with van der Waals surface area (Å²) in [6.07, 6.45) is 1.47. The third-order valence-corrected chi connectivity index (χ3v) is 5.31. The predicted octanol–water partition coefficient (Wildman–Crippen LogP) is 5.99. The number of halogens is 2. The highest BCUT2D eigenvalue weighted by atomic mass is 35.5. The number of para-hydroxylation sites is 1. The van der Waals surface area contributed by atoms with Crippen LogP contribution in [0.5, 0.6) is 0 Å². The predicted molar refractivity (Wildman–Crippen MR) is 122 cm³/mol. The largest absolute Gasteiger partial charge is 0.278 e. The number of anilines is 1. The normalized spacial score (nSPS) is 11.2. The van der Waals surface area contributed by atoms with Crippen LogP contribution in [0.3, 0.4) is 0 Å². The van der Waals surface area contributed by atoms with Gasteiger partial charge in [0.25, 0.3) is 11.6 Å². The summed E-state index contributed by atoms with van der Waals surface area (Å²) in [5.74, 6) is -0.363. The number of hydrazone groups is 1. The summed E-state index contributed by atoms with van der Waals surface area (Å²) in [4.78, 5) is 23.6. The molecule has 7 nitrogen and oxygen atoms in total. The van der Waals surface area contributed by atoms with Crippen molar-refractivity contribution in [1.29, 1.82) is 0 Å². The van der Waals surface area contributed by atoms with Crippen LogP contribution in [-0.2, 0) is 0 Å². The van der Waals surface area contributed by atoms with E-state index >= 15 is 0 Å². The Morgan fingerprint density at radius 1 is 1.03 bits per heavy atom. The van der Waals surface area contributed by atoms with Crippen LogP contribution in [0.1, 0.15) is 15.9 Å². The van der Waals surface area contributed by atoms with Crippen molar-refractivity contribution in [1.82, 2.24) is 4.57 Å². The maximum Gasteiger partial charge on any atom is 0.271 e. The van der Waals surface area contributed by atoms with Crippen LogP contribution < -0.4 is 5.43 Å². The number of rotatable bonds is 5. The van der Waals surface area contributed by atoms with E-state index in [-0.39, 0.29) is 16.7 Å². The molecule has 1 heterocycles. The van der Waals surface area contributed by atoms with Gasteiger partial charge in [-0.1, -0.05) is 59.6 Å². The Morgan fingerprint density at radius 2 is 1.77 bits per heavy atom. The Labute approximate surface area is 186 Å². The number of aromatic nitrogens is 1. The number of non-ortho nitro benzene ring substituents is 1. The van der Waals surface area contributed by atoms with Crippen molar-refractivity contribution in [3.8, 4) is 0 Å². The number of benzene rings is 3. The molecule has 3 aromatic carbocycles. The summed E-state index contributed by atoms with van der Waals surface area (Å²) in [6.45, 7) is 0. The summed E-state index contributed by atoms with van der Waals surface area (Å²) in [6, 6.07) is 19.9. The van der Waals surface area contributed by atoms with E-state index in [0.717, 1.165) is 5.39 Å². The van der Waals surface area contributed by atoms with Crippen LogP contribution in [0, 0.1) is 10.1 Å². The maximum atomic E-state index is 13.2. The molecule has 0 spiro atoms. The molecule has 0 aliphatic carbocycles. The van der Waals surface area contributed by atoms with E-state index in [1.807, 2.05) is 12.1 Å². The van der Waals surface area contributed by atoms with Gasteiger partial charge in [-0.2, -0.15) is 5.10 Å². The fraction of sp³-hybridized carbons (Fsp3) is 0. The topological polar surface area (TPSA) is 89.5 Å². The monoisotopic (exact) mass is 452 g/mol. The molecule has 0 amide bonds. The SMILES string of the molecule is O=C(c1ccccc1Cl)n1c(Cl)c(/C=N\Nc2cccc([N+](=O)[O-])c2)c2ccccc21. The number of carbonyl (C=O) groups is 1. The molecule has 4 aromatic rings. The van der Waals surface area contributed by atoms with Crippen LogP contribution in [0.25, 0.3) is 10.9 Å². The van der Waals surface area contributed by atoms with Gasteiger partial charge < -0.3 is 0 Å². The van der Waals surface area contributed by atoms with Crippen molar-refractivity contribution in [2.24, 2.45) is 5.10 Å². The van der Waals surface area contributed by atoms with Crippen molar-refractivity contribution in [2.75, 3.05) is 5.43 Å². The van der Waals surface area contributed by atoms with Crippen LogP contribution in [0.4, 0.5) is 11.4 Å². The number of hydrogen-bond donors (Lipinski definition) is 1.